The molecule has 0 heterocycles. The topological polar surface area (TPSA) is 141 Å². The minimum Gasteiger partial charge on any atom is -0.486 e. The molecule has 10 nitrogen and oxygen atoms in total. The van der Waals surface area contributed by atoms with Crippen molar-refractivity contribution < 1.29 is 43.5 Å². The lowest BCUT2D eigenvalue weighted by Crippen LogP contribution is -2.48. The molecule has 0 saturated carbocycles. The Hall–Kier alpha value is -2.85. The summed E-state index contributed by atoms with van der Waals surface area (Å²) in [7, 11) is 0. The van der Waals surface area contributed by atoms with Gasteiger partial charge in [0.2, 0.25) is 0 Å². The highest BCUT2D eigenvalue weighted by Crippen LogP contribution is 2.23. The molecule has 10 heteroatoms. The van der Waals surface area contributed by atoms with Crippen LogP contribution in [0.5, 0.6) is 5.75 Å². The smallest absolute Gasteiger partial charge is 0.408 e. The molecule has 0 aliphatic carbocycles. The van der Waals surface area contributed by atoms with Gasteiger partial charge in [-0.1, -0.05) is 12.1 Å². The molecule has 2 atom stereocenters. The zero-order valence-corrected chi connectivity index (χ0v) is 24.1. The first-order chi connectivity index (χ1) is 17.3. The summed E-state index contributed by atoms with van der Waals surface area (Å²) in [5, 5.41) is 21.0. The lowest BCUT2D eigenvalue weighted by atomic mass is 9.92. The molecule has 0 saturated heterocycles. The van der Waals surface area contributed by atoms with E-state index in [0.29, 0.717) is 5.75 Å². The normalized spacial score (nSPS) is 13.9. The highest BCUT2D eigenvalue weighted by Gasteiger charge is 2.35. The molecule has 38 heavy (non-hydrogen) atoms. The summed E-state index contributed by atoms with van der Waals surface area (Å²) in [6.07, 6.45) is -1.43. The van der Waals surface area contributed by atoms with E-state index < -0.39 is 52.9 Å². The predicted octanol–water partition coefficient (Wildman–Crippen LogP) is 3.54. The maximum Gasteiger partial charge on any atom is 0.408 e. The first-order valence-corrected chi connectivity index (χ1v) is 12.7. The molecule has 1 rings (SSSR count). The molecule has 1 aromatic rings. The number of aliphatic hydroxyl groups excluding tert-OH is 2. The Morgan fingerprint density at radius 2 is 1.24 bits per heavy atom. The van der Waals surface area contributed by atoms with Gasteiger partial charge >= 0.3 is 18.0 Å². The van der Waals surface area contributed by atoms with E-state index in [-0.39, 0.29) is 26.1 Å². The summed E-state index contributed by atoms with van der Waals surface area (Å²) >= 11 is 0. The minimum absolute atomic E-state index is 0.0849. The molecule has 1 aromatic carbocycles. The number of alkyl carbamates (subject to hydrolysis) is 1. The van der Waals surface area contributed by atoms with Gasteiger partial charge in [-0.2, -0.15) is 0 Å². The largest absolute Gasteiger partial charge is 0.486 e. The molecule has 0 bridgehead atoms. The van der Waals surface area contributed by atoms with Gasteiger partial charge in [0.1, 0.15) is 34.7 Å². The molecule has 0 fully saturated rings. The molecule has 0 spiro atoms. The van der Waals surface area contributed by atoms with E-state index in [9.17, 15) is 24.6 Å². The number of amides is 1. The molecular formula is C28H45NO9. The third kappa shape index (κ3) is 13.6. The zero-order valence-electron chi connectivity index (χ0n) is 24.1. The van der Waals surface area contributed by atoms with Gasteiger partial charge in [0.25, 0.3) is 0 Å². The number of benzene rings is 1. The quantitative estimate of drug-likeness (QED) is 0.284. The summed E-state index contributed by atoms with van der Waals surface area (Å²) in [4.78, 5) is 38.8. The fourth-order valence-corrected chi connectivity index (χ4v) is 3.28. The minimum atomic E-state index is -1.17. The third-order valence-corrected chi connectivity index (χ3v) is 4.76. The van der Waals surface area contributed by atoms with E-state index >= 15 is 0 Å². The number of aliphatic hydroxyl groups is 2. The Balaban J connectivity index is 3.23. The van der Waals surface area contributed by atoms with Crippen LogP contribution in [-0.2, 0) is 30.2 Å². The number of nitrogens with one attached hydrogen (secondary N) is 1. The summed E-state index contributed by atoms with van der Waals surface area (Å²) in [6, 6.07) is 5.62. The molecule has 216 valence electrons. The maximum absolute atomic E-state index is 13.2. The highest BCUT2D eigenvalue weighted by molar-refractivity contribution is 5.83. The second kappa shape index (κ2) is 13.8. The molecule has 0 radical (unpaired) electrons. The van der Waals surface area contributed by atoms with Crippen LogP contribution >= 0.6 is 0 Å². The number of esters is 2. The van der Waals surface area contributed by atoms with Crippen LogP contribution < -0.4 is 10.1 Å². The number of hydrogen-bond acceptors (Lipinski definition) is 9. The van der Waals surface area contributed by atoms with E-state index in [1.165, 1.54) is 0 Å². The fourth-order valence-electron chi connectivity index (χ4n) is 3.28. The van der Waals surface area contributed by atoms with E-state index in [1.807, 2.05) is 0 Å². The van der Waals surface area contributed by atoms with Gasteiger partial charge in [-0.15, -0.1) is 0 Å². The number of ether oxygens (including phenoxy) is 4. The van der Waals surface area contributed by atoms with Gasteiger partial charge in [0.05, 0.1) is 19.1 Å². The summed E-state index contributed by atoms with van der Waals surface area (Å²) < 4.78 is 22.0. The van der Waals surface area contributed by atoms with E-state index in [2.05, 4.69) is 5.32 Å². The van der Waals surface area contributed by atoms with Crippen LogP contribution in [-0.4, -0.2) is 70.4 Å². The molecule has 0 aliphatic rings. The van der Waals surface area contributed by atoms with Crippen molar-refractivity contribution in [1.29, 1.82) is 0 Å². The highest BCUT2D eigenvalue weighted by atomic mass is 16.6. The molecule has 0 aliphatic heterocycles. The Kier molecular flexibility index (Phi) is 12.0. The first-order valence-electron chi connectivity index (χ1n) is 12.7. The average Bonchev–Trinajstić information content (AvgIpc) is 2.73. The standard InChI is InChI=1S/C28H45NO9/c1-26(2,3)36-23(32)19(14-18-10-12-20(13-11-18)35-21(16-30)17-31)15-22(24(33)37-27(4,5)6)29-25(34)38-28(7,8)9/h10-13,19,21-22,30-31H,14-17H2,1-9H3,(H,29,34)/t19-,22-/m0/s1. The Morgan fingerprint density at radius 3 is 1.68 bits per heavy atom. The van der Waals surface area contributed by atoms with Crippen molar-refractivity contribution in [2.24, 2.45) is 5.92 Å². The van der Waals surface area contributed by atoms with Crippen molar-refractivity contribution in [2.45, 2.75) is 104 Å². The molecule has 0 unspecified atom stereocenters. The van der Waals surface area contributed by atoms with Crippen LogP contribution in [0.25, 0.3) is 0 Å². The summed E-state index contributed by atoms with van der Waals surface area (Å²) in [5.41, 5.74) is -1.63. The second-order valence-corrected chi connectivity index (χ2v) is 12.2. The van der Waals surface area contributed by atoms with Gasteiger partial charge in [0, 0.05) is 0 Å². The third-order valence-electron chi connectivity index (χ3n) is 4.76. The molecule has 1 amide bonds. The maximum atomic E-state index is 13.2. The van der Waals surface area contributed by atoms with Crippen LogP contribution in [0, 0.1) is 5.92 Å². The number of hydrogen-bond donors (Lipinski definition) is 3. The fraction of sp³-hybridized carbons (Fsp3) is 0.679. The van der Waals surface area contributed by atoms with Crippen molar-refractivity contribution in [3.8, 4) is 5.75 Å². The average molecular weight is 540 g/mol. The van der Waals surface area contributed by atoms with Crippen LogP contribution in [0.1, 0.15) is 74.3 Å². The molecular weight excluding hydrogens is 494 g/mol. The Morgan fingerprint density at radius 1 is 0.763 bits per heavy atom. The SMILES string of the molecule is CC(C)(C)OC(=O)N[C@@H](C[C@H](Cc1ccc(OC(CO)CO)cc1)C(=O)OC(C)(C)C)C(=O)OC(C)(C)C. The number of carbonyl (C=O) groups is 3. The summed E-state index contributed by atoms with van der Waals surface area (Å²) in [5.74, 6) is -1.59. The van der Waals surface area contributed by atoms with Gasteiger partial charge < -0.3 is 34.5 Å². The first kappa shape index (κ1) is 33.2. The van der Waals surface area contributed by atoms with Crippen molar-refractivity contribution in [2.75, 3.05) is 13.2 Å². The lowest BCUT2D eigenvalue weighted by Gasteiger charge is -2.29. The van der Waals surface area contributed by atoms with E-state index in [0.717, 1.165) is 5.56 Å². The van der Waals surface area contributed by atoms with Crippen molar-refractivity contribution in [3.05, 3.63) is 29.8 Å². The van der Waals surface area contributed by atoms with Gasteiger partial charge in [-0.25, -0.2) is 9.59 Å². The number of carbonyl (C=O) groups excluding carboxylic acids is 3. The van der Waals surface area contributed by atoms with E-state index in [1.54, 1.807) is 86.6 Å². The van der Waals surface area contributed by atoms with Crippen LogP contribution in [0.4, 0.5) is 4.79 Å². The van der Waals surface area contributed by atoms with Gasteiger partial charge in [0.15, 0.2) is 0 Å². The zero-order chi connectivity index (χ0) is 29.3. The number of rotatable bonds is 11. The lowest BCUT2D eigenvalue weighted by molar-refractivity contribution is -0.162. The monoisotopic (exact) mass is 539 g/mol. The van der Waals surface area contributed by atoms with Crippen LogP contribution in [0.3, 0.4) is 0 Å². The van der Waals surface area contributed by atoms with Crippen LogP contribution in [0.2, 0.25) is 0 Å². The predicted molar refractivity (Wildman–Crippen MR) is 142 cm³/mol. The molecule has 3 N–H and O–H groups in total. The Labute approximate surface area is 226 Å². The van der Waals surface area contributed by atoms with Crippen molar-refractivity contribution >= 4 is 18.0 Å². The summed E-state index contributed by atoms with van der Waals surface area (Å²) in [6.45, 7) is 14.8. The van der Waals surface area contributed by atoms with Crippen LogP contribution in [0.15, 0.2) is 24.3 Å². The van der Waals surface area contributed by atoms with E-state index in [4.69, 9.17) is 18.9 Å². The van der Waals surface area contributed by atoms with Crippen molar-refractivity contribution in [3.63, 3.8) is 0 Å². The van der Waals surface area contributed by atoms with Gasteiger partial charge in [-0.3, -0.25) is 4.79 Å². The molecule has 0 aromatic heterocycles. The second-order valence-electron chi connectivity index (χ2n) is 12.2. The van der Waals surface area contributed by atoms with Crippen molar-refractivity contribution in [1.82, 2.24) is 5.32 Å². The Bertz CT molecular complexity index is 904. The van der Waals surface area contributed by atoms with Gasteiger partial charge in [-0.05, 0) is 92.9 Å².